The lowest BCUT2D eigenvalue weighted by Gasteiger charge is -2.09. The number of benzene rings is 2. The van der Waals surface area contributed by atoms with Gasteiger partial charge in [-0.1, -0.05) is 26.0 Å². The summed E-state index contributed by atoms with van der Waals surface area (Å²) in [7, 11) is 1.60. The zero-order valence-electron chi connectivity index (χ0n) is 15.6. The van der Waals surface area contributed by atoms with Crippen LogP contribution in [-0.2, 0) is 0 Å². The molecule has 1 heterocycles. The molecule has 6 heteroatoms. The van der Waals surface area contributed by atoms with Gasteiger partial charge < -0.3 is 15.4 Å². The van der Waals surface area contributed by atoms with Crippen LogP contribution in [0.15, 0.2) is 60.9 Å². The van der Waals surface area contributed by atoms with E-state index >= 15 is 0 Å². The fourth-order valence-electron chi connectivity index (χ4n) is 2.47. The Hall–Kier alpha value is -3.41. The fourth-order valence-corrected chi connectivity index (χ4v) is 2.47. The topological polar surface area (TPSA) is 76.1 Å². The molecule has 138 valence electrons. The van der Waals surface area contributed by atoms with Gasteiger partial charge in [-0.15, -0.1) is 0 Å². The van der Waals surface area contributed by atoms with E-state index in [-0.39, 0.29) is 5.91 Å². The molecule has 1 aromatic heterocycles. The first kappa shape index (κ1) is 18.4. The van der Waals surface area contributed by atoms with Gasteiger partial charge in [0.15, 0.2) is 0 Å². The number of methoxy groups -OCH3 is 1. The summed E-state index contributed by atoms with van der Waals surface area (Å²) in [5, 5.41) is 5.93. The monoisotopic (exact) mass is 362 g/mol. The minimum atomic E-state index is -0.270. The standard InChI is InChI=1S/C21H22N4O2/c1-14(2)15-4-6-18(7-5-15)25-21-22-12-16(13-23-21)20(26)24-17-8-10-19(27-3)11-9-17/h4-14H,1-3H3,(H,24,26)(H,22,23,25). The molecule has 2 aromatic carbocycles. The smallest absolute Gasteiger partial charge is 0.258 e. The SMILES string of the molecule is COc1ccc(NC(=O)c2cnc(Nc3ccc(C(C)C)cc3)nc2)cc1. The summed E-state index contributed by atoms with van der Waals surface area (Å²) in [5.74, 6) is 1.38. The summed E-state index contributed by atoms with van der Waals surface area (Å²) in [6.07, 6.45) is 2.99. The highest BCUT2D eigenvalue weighted by Gasteiger charge is 2.08. The van der Waals surface area contributed by atoms with Gasteiger partial charge in [-0.05, 0) is 47.9 Å². The molecule has 0 spiro atoms. The maximum absolute atomic E-state index is 12.3. The first-order valence-electron chi connectivity index (χ1n) is 8.69. The van der Waals surface area contributed by atoms with Gasteiger partial charge in [0, 0.05) is 23.8 Å². The molecule has 1 amide bonds. The molecule has 0 aliphatic heterocycles. The van der Waals surface area contributed by atoms with Crippen LogP contribution < -0.4 is 15.4 Å². The van der Waals surface area contributed by atoms with Gasteiger partial charge >= 0.3 is 0 Å². The molecule has 3 rings (SSSR count). The summed E-state index contributed by atoms with van der Waals surface area (Å²) in [4.78, 5) is 20.7. The maximum atomic E-state index is 12.3. The van der Waals surface area contributed by atoms with Crippen LogP contribution in [0.5, 0.6) is 5.75 Å². The van der Waals surface area contributed by atoms with E-state index in [0.717, 1.165) is 11.4 Å². The van der Waals surface area contributed by atoms with E-state index in [2.05, 4.69) is 46.6 Å². The highest BCUT2D eigenvalue weighted by molar-refractivity contribution is 6.03. The van der Waals surface area contributed by atoms with E-state index < -0.39 is 0 Å². The minimum absolute atomic E-state index is 0.270. The molecular formula is C21H22N4O2. The first-order valence-corrected chi connectivity index (χ1v) is 8.69. The Kier molecular flexibility index (Phi) is 5.66. The predicted octanol–water partition coefficient (Wildman–Crippen LogP) is 4.60. The van der Waals surface area contributed by atoms with Crippen LogP contribution in [0, 0.1) is 0 Å². The molecule has 6 nitrogen and oxygen atoms in total. The number of rotatable bonds is 6. The van der Waals surface area contributed by atoms with Crippen molar-refractivity contribution in [1.82, 2.24) is 9.97 Å². The molecule has 0 bridgehead atoms. The summed E-state index contributed by atoms with van der Waals surface area (Å²) in [6.45, 7) is 4.31. The summed E-state index contributed by atoms with van der Waals surface area (Å²) < 4.78 is 5.10. The average Bonchev–Trinajstić information content (AvgIpc) is 2.69. The van der Waals surface area contributed by atoms with Crippen LogP contribution >= 0.6 is 0 Å². The lowest BCUT2D eigenvalue weighted by atomic mass is 10.0. The van der Waals surface area contributed by atoms with Gasteiger partial charge in [-0.3, -0.25) is 4.79 Å². The van der Waals surface area contributed by atoms with Crippen molar-refractivity contribution >= 4 is 23.2 Å². The molecule has 27 heavy (non-hydrogen) atoms. The first-order chi connectivity index (χ1) is 13.0. The molecule has 3 aromatic rings. The number of nitrogens with zero attached hydrogens (tertiary/aromatic N) is 2. The van der Waals surface area contributed by atoms with E-state index in [1.54, 1.807) is 31.4 Å². The lowest BCUT2D eigenvalue weighted by Crippen LogP contribution is -2.13. The fraction of sp³-hybridized carbons (Fsp3) is 0.190. The molecule has 0 radical (unpaired) electrons. The Balaban J connectivity index is 1.62. The van der Waals surface area contributed by atoms with E-state index in [0.29, 0.717) is 23.1 Å². The van der Waals surface area contributed by atoms with Crippen molar-refractivity contribution in [1.29, 1.82) is 0 Å². The number of aromatic nitrogens is 2. The second kappa shape index (κ2) is 8.31. The Morgan fingerprint density at radius 2 is 1.52 bits per heavy atom. The van der Waals surface area contributed by atoms with Crippen LogP contribution in [0.3, 0.4) is 0 Å². The van der Waals surface area contributed by atoms with E-state index in [9.17, 15) is 4.79 Å². The average molecular weight is 362 g/mol. The minimum Gasteiger partial charge on any atom is -0.497 e. The van der Waals surface area contributed by atoms with Crippen LogP contribution in [0.2, 0.25) is 0 Å². The zero-order valence-corrected chi connectivity index (χ0v) is 15.6. The zero-order chi connectivity index (χ0) is 19.2. The van der Waals surface area contributed by atoms with E-state index in [1.165, 1.54) is 18.0 Å². The van der Waals surface area contributed by atoms with Crippen LogP contribution in [0.1, 0.15) is 35.7 Å². The van der Waals surface area contributed by atoms with Crippen molar-refractivity contribution in [3.63, 3.8) is 0 Å². The van der Waals surface area contributed by atoms with Crippen molar-refractivity contribution in [2.75, 3.05) is 17.7 Å². The number of ether oxygens (including phenoxy) is 1. The molecule has 0 saturated heterocycles. The number of hydrogen-bond acceptors (Lipinski definition) is 5. The predicted molar refractivity (Wildman–Crippen MR) is 107 cm³/mol. The van der Waals surface area contributed by atoms with Crippen molar-refractivity contribution in [2.24, 2.45) is 0 Å². The molecule has 2 N–H and O–H groups in total. The number of nitrogens with one attached hydrogen (secondary N) is 2. The molecule has 0 aliphatic rings. The van der Waals surface area contributed by atoms with Gasteiger partial charge in [0.05, 0.1) is 12.7 Å². The molecule has 0 unspecified atom stereocenters. The Morgan fingerprint density at radius 1 is 0.926 bits per heavy atom. The Bertz CT molecular complexity index is 889. The molecule has 0 atom stereocenters. The molecule has 0 saturated carbocycles. The number of amides is 1. The largest absolute Gasteiger partial charge is 0.497 e. The maximum Gasteiger partial charge on any atom is 0.258 e. The highest BCUT2D eigenvalue weighted by Crippen LogP contribution is 2.19. The van der Waals surface area contributed by atoms with Crippen LogP contribution in [0.4, 0.5) is 17.3 Å². The van der Waals surface area contributed by atoms with Gasteiger partial charge in [-0.25, -0.2) is 9.97 Å². The van der Waals surface area contributed by atoms with Gasteiger partial charge in [0.2, 0.25) is 5.95 Å². The molecular weight excluding hydrogens is 340 g/mol. The number of carbonyl (C=O) groups is 1. The van der Waals surface area contributed by atoms with Gasteiger partial charge in [0.25, 0.3) is 5.91 Å². The number of anilines is 3. The summed E-state index contributed by atoms with van der Waals surface area (Å²) >= 11 is 0. The van der Waals surface area contributed by atoms with E-state index in [1.807, 2.05) is 12.1 Å². The van der Waals surface area contributed by atoms with Crippen LogP contribution in [0.25, 0.3) is 0 Å². The second-order valence-electron chi connectivity index (χ2n) is 6.38. The highest BCUT2D eigenvalue weighted by atomic mass is 16.5. The van der Waals surface area contributed by atoms with Crippen molar-refractivity contribution in [2.45, 2.75) is 19.8 Å². The van der Waals surface area contributed by atoms with Crippen molar-refractivity contribution in [3.8, 4) is 5.75 Å². The third-order valence-electron chi connectivity index (χ3n) is 4.10. The summed E-state index contributed by atoms with van der Waals surface area (Å²) in [5.41, 5.74) is 3.22. The van der Waals surface area contributed by atoms with Gasteiger partial charge in [-0.2, -0.15) is 0 Å². The molecule has 0 aliphatic carbocycles. The Morgan fingerprint density at radius 3 is 2.07 bits per heavy atom. The lowest BCUT2D eigenvalue weighted by molar-refractivity contribution is 0.102. The van der Waals surface area contributed by atoms with Crippen molar-refractivity contribution < 1.29 is 9.53 Å². The second-order valence-corrected chi connectivity index (χ2v) is 6.38. The normalized spacial score (nSPS) is 10.5. The van der Waals surface area contributed by atoms with E-state index in [4.69, 9.17) is 4.74 Å². The van der Waals surface area contributed by atoms with Crippen molar-refractivity contribution in [3.05, 3.63) is 72.1 Å². The van der Waals surface area contributed by atoms with Crippen LogP contribution in [-0.4, -0.2) is 23.0 Å². The summed E-state index contributed by atoms with van der Waals surface area (Å²) in [6, 6.07) is 15.2. The Labute approximate surface area is 158 Å². The number of hydrogen-bond donors (Lipinski definition) is 2. The number of carbonyl (C=O) groups excluding carboxylic acids is 1. The molecule has 0 fully saturated rings. The van der Waals surface area contributed by atoms with Gasteiger partial charge in [0.1, 0.15) is 5.75 Å². The third-order valence-corrected chi connectivity index (χ3v) is 4.10. The third kappa shape index (κ3) is 4.82. The quantitative estimate of drug-likeness (QED) is 0.670.